The van der Waals surface area contributed by atoms with E-state index in [1.807, 2.05) is 16.7 Å². The quantitative estimate of drug-likeness (QED) is 0.819. The predicted molar refractivity (Wildman–Crippen MR) is 77.1 cm³/mol. The van der Waals surface area contributed by atoms with Crippen LogP contribution in [-0.4, -0.2) is 39.3 Å². The SMILES string of the molecule is COc1cc(-c2cnc3n2CCN(C(=O)O)C3)ccc1N. The van der Waals surface area contributed by atoms with Crippen LogP contribution in [0.5, 0.6) is 5.75 Å². The normalized spacial score (nSPS) is 13.9. The van der Waals surface area contributed by atoms with Crippen molar-refractivity contribution in [3.63, 3.8) is 0 Å². The van der Waals surface area contributed by atoms with Gasteiger partial charge >= 0.3 is 6.09 Å². The van der Waals surface area contributed by atoms with E-state index in [1.54, 1.807) is 19.4 Å². The monoisotopic (exact) mass is 288 g/mol. The van der Waals surface area contributed by atoms with Crippen LogP contribution >= 0.6 is 0 Å². The van der Waals surface area contributed by atoms with Gasteiger partial charge in [-0.05, 0) is 12.1 Å². The summed E-state index contributed by atoms with van der Waals surface area (Å²) < 4.78 is 7.27. The van der Waals surface area contributed by atoms with Crippen LogP contribution in [0.2, 0.25) is 0 Å². The van der Waals surface area contributed by atoms with E-state index in [4.69, 9.17) is 15.6 Å². The van der Waals surface area contributed by atoms with Crippen molar-refractivity contribution in [3.8, 4) is 17.0 Å². The van der Waals surface area contributed by atoms with Crippen molar-refractivity contribution in [2.75, 3.05) is 19.4 Å². The van der Waals surface area contributed by atoms with Crippen molar-refractivity contribution < 1.29 is 14.6 Å². The number of amides is 1. The van der Waals surface area contributed by atoms with Gasteiger partial charge in [-0.25, -0.2) is 9.78 Å². The molecule has 1 amide bonds. The Labute approximate surface area is 121 Å². The number of rotatable bonds is 2. The number of nitrogens with zero attached hydrogens (tertiary/aromatic N) is 3. The Morgan fingerprint density at radius 3 is 2.95 bits per heavy atom. The van der Waals surface area contributed by atoms with Crippen molar-refractivity contribution in [1.29, 1.82) is 0 Å². The van der Waals surface area contributed by atoms with Gasteiger partial charge in [-0.3, -0.25) is 4.90 Å². The van der Waals surface area contributed by atoms with Crippen LogP contribution in [0.4, 0.5) is 10.5 Å². The minimum atomic E-state index is -0.917. The number of carboxylic acid groups (broad SMARTS) is 1. The standard InChI is InChI=1S/C14H16N4O3/c1-21-12-6-9(2-3-10(12)15)11-7-16-13-8-17(14(19)20)4-5-18(11)13/h2-3,6-7H,4-5,8,15H2,1H3,(H,19,20). The van der Waals surface area contributed by atoms with Crippen LogP contribution in [0, 0.1) is 0 Å². The zero-order chi connectivity index (χ0) is 15.0. The van der Waals surface area contributed by atoms with E-state index in [0.29, 0.717) is 31.1 Å². The number of carbonyl (C=O) groups is 1. The summed E-state index contributed by atoms with van der Waals surface area (Å²) in [6, 6.07) is 5.56. The highest BCUT2D eigenvalue weighted by molar-refractivity contribution is 5.68. The summed E-state index contributed by atoms with van der Waals surface area (Å²) in [7, 11) is 1.58. The molecule has 2 heterocycles. The molecular formula is C14H16N4O3. The van der Waals surface area contributed by atoms with E-state index in [2.05, 4.69) is 4.98 Å². The summed E-state index contributed by atoms with van der Waals surface area (Å²) in [5.74, 6) is 1.36. The Morgan fingerprint density at radius 1 is 1.43 bits per heavy atom. The summed E-state index contributed by atoms with van der Waals surface area (Å²) in [4.78, 5) is 16.7. The van der Waals surface area contributed by atoms with E-state index >= 15 is 0 Å². The molecule has 0 fully saturated rings. The molecule has 7 nitrogen and oxygen atoms in total. The second kappa shape index (κ2) is 5.01. The number of imidazole rings is 1. The van der Waals surface area contributed by atoms with Gasteiger partial charge in [-0.15, -0.1) is 0 Å². The highest BCUT2D eigenvalue weighted by Crippen LogP contribution is 2.30. The van der Waals surface area contributed by atoms with Crippen molar-refractivity contribution in [2.24, 2.45) is 0 Å². The molecule has 110 valence electrons. The second-order valence-electron chi connectivity index (χ2n) is 4.87. The molecule has 1 aromatic heterocycles. The number of aromatic nitrogens is 2. The molecule has 1 aliphatic rings. The largest absolute Gasteiger partial charge is 0.495 e. The lowest BCUT2D eigenvalue weighted by Crippen LogP contribution is -2.37. The summed E-state index contributed by atoms with van der Waals surface area (Å²) in [6.07, 6.45) is 0.839. The van der Waals surface area contributed by atoms with Gasteiger partial charge in [-0.1, -0.05) is 6.07 Å². The van der Waals surface area contributed by atoms with Crippen LogP contribution < -0.4 is 10.5 Å². The molecule has 0 saturated heterocycles. The van der Waals surface area contributed by atoms with E-state index in [-0.39, 0.29) is 0 Å². The van der Waals surface area contributed by atoms with E-state index < -0.39 is 6.09 Å². The van der Waals surface area contributed by atoms with Gasteiger partial charge in [0.05, 0.1) is 31.2 Å². The van der Waals surface area contributed by atoms with Gasteiger partial charge in [0.25, 0.3) is 0 Å². The maximum atomic E-state index is 11.0. The maximum absolute atomic E-state index is 11.0. The van der Waals surface area contributed by atoms with Gasteiger partial charge < -0.3 is 20.1 Å². The average Bonchev–Trinajstić information content (AvgIpc) is 2.90. The molecular weight excluding hydrogens is 272 g/mol. The summed E-state index contributed by atoms with van der Waals surface area (Å²) in [6.45, 7) is 1.35. The molecule has 0 unspecified atom stereocenters. The smallest absolute Gasteiger partial charge is 0.407 e. The fourth-order valence-electron chi connectivity index (χ4n) is 2.52. The molecule has 0 spiro atoms. The van der Waals surface area contributed by atoms with Crippen LogP contribution in [-0.2, 0) is 13.1 Å². The topological polar surface area (TPSA) is 93.6 Å². The van der Waals surface area contributed by atoms with E-state index in [1.165, 1.54) is 4.90 Å². The fourth-order valence-corrected chi connectivity index (χ4v) is 2.52. The minimum Gasteiger partial charge on any atom is -0.495 e. The molecule has 7 heteroatoms. The first-order valence-electron chi connectivity index (χ1n) is 6.56. The first-order valence-corrected chi connectivity index (χ1v) is 6.56. The van der Waals surface area contributed by atoms with Crippen molar-refractivity contribution in [1.82, 2.24) is 14.5 Å². The molecule has 21 heavy (non-hydrogen) atoms. The van der Waals surface area contributed by atoms with Crippen LogP contribution in [0.15, 0.2) is 24.4 Å². The fraction of sp³-hybridized carbons (Fsp3) is 0.286. The Hall–Kier alpha value is -2.70. The zero-order valence-corrected chi connectivity index (χ0v) is 11.6. The Bertz CT molecular complexity index is 696. The molecule has 2 aromatic rings. The minimum absolute atomic E-state index is 0.307. The Balaban J connectivity index is 1.97. The summed E-state index contributed by atoms with van der Waals surface area (Å²) in [5, 5.41) is 9.04. The lowest BCUT2D eigenvalue weighted by Gasteiger charge is -2.26. The number of ether oxygens (including phenoxy) is 1. The molecule has 0 saturated carbocycles. The number of methoxy groups -OCH3 is 1. The number of anilines is 1. The van der Waals surface area contributed by atoms with Gasteiger partial charge in [0.1, 0.15) is 11.6 Å². The van der Waals surface area contributed by atoms with Crippen molar-refractivity contribution >= 4 is 11.8 Å². The molecule has 1 aromatic carbocycles. The van der Waals surface area contributed by atoms with Crippen LogP contribution in [0.1, 0.15) is 5.82 Å². The van der Waals surface area contributed by atoms with Crippen LogP contribution in [0.25, 0.3) is 11.3 Å². The van der Waals surface area contributed by atoms with Crippen molar-refractivity contribution in [2.45, 2.75) is 13.1 Å². The molecule has 0 radical (unpaired) electrons. The number of benzene rings is 1. The predicted octanol–water partition coefficient (Wildman–Crippen LogP) is 1.63. The van der Waals surface area contributed by atoms with Crippen molar-refractivity contribution in [3.05, 3.63) is 30.2 Å². The zero-order valence-electron chi connectivity index (χ0n) is 11.6. The molecule has 3 N–H and O–H groups in total. The number of nitrogens with two attached hydrogens (primary N) is 1. The average molecular weight is 288 g/mol. The highest BCUT2D eigenvalue weighted by atomic mass is 16.5. The number of hydrogen-bond acceptors (Lipinski definition) is 4. The number of hydrogen-bond donors (Lipinski definition) is 2. The third-order valence-electron chi connectivity index (χ3n) is 3.66. The molecule has 0 bridgehead atoms. The molecule has 3 rings (SSSR count). The van der Waals surface area contributed by atoms with Gasteiger partial charge in [0.15, 0.2) is 0 Å². The number of nitrogen functional groups attached to an aromatic ring is 1. The highest BCUT2D eigenvalue weighted by Gasteiger charge is 2.23. The Morgan fingerprint density at radius 2 is 2.24 bits per heavy atom. The third-order valence-corrected chi connectivity index (χ3v) is 3.66. The van der Waals surface area contributed by atoms with Gasteiger partial charge in [0, 0.05) is 18.7 Å². The summed E-state index contributed by atoms with van der Waals surface area (Å²) >= 11 is 0. The lowest BCUT2D eigenvalue weighted by molar-refractivity contribution is 0.132. The third kappa shape index (κ3) is 2.26. The molecule has 0 aliphatic carbocycles. The lowest BCUT2D eigenvalue weighted by atomic mass is 10.1. The van der Waals surface area contributed by atoms with E-state index in [9.17, 15) is 4.79 Å². The van der Waals surface area contributed by atoms with Gasteiger partial charge in [-0.2, -0.15) is 0 Å². The van der Waals surface area contributed by atoms with Gasteiger partial charge in [0.2, 0.25) is 0 Å². The Kier molecular flexibility index (Phi) is 3.17. The molecule has 0 atom stereocenters. The first-order chi connectivity index (χ1) is 10.1. The maximum Gasteiger partial charge on any atom is 0.407 e. The molecule has 1 aliphatic heterocycles. The summed E-state index contributed by atoms with van der Waals surface area (Å²) in [5.41, 5.74) is 8.29. The second-order valence-corrected chi connectivity index (χ2v) is 4.87. The first kappa shape index (κ1) is 13.3. The van der Waals surface area contributed by atoms with Crippen LogP contribution in [0.3, 0.4) is 0 Å². The number of fused-ring (bicyclic) bond motifs is 1. The van der Waals surface area contributed by atoms with E-state index in [0.717, 1.165) is 17.1 Å².